The standard InChI is InChI=1S/C12H19N3O2/c1-3-17-12(16)14-8-9-15(13)11-7-5-4-6-10(11)2/h4-7H,3,8-9,13H2,1-2H3,(H,14,16). The predicted molar refractivity (Wildman–Crippen MR) is 67.7 cm³/mol. The third-order valence-corrected chi connectivity index (χ3v) is 2.32. The summed E-state index contributed by atoms with van der Waals surface area (Å²) in [6.07, 6.45) is -0.411. The Balaban J connectivity index is 2.38. The molecule has 0 unspecified atom stereocenters. The van der Waals surface area contributed by atoms with E-state index < -0.39 is 6.09 Å². The number of para-hydroxylation sites is 1. The Morgan fingerprint density at radius 1 is 1.47 bits per heavy atom. The summed E-state index contributed by atoms with van der Waals surface area (Å²) in [7, 11) is 0. The lowest BCUT2D eigenvalue weighted by atomic mass is 10.2. The number of nitrogens with two attached hydrogens (primary N) is 1. The van der Waals surface area contributed by atoms with E-state index in [1.54, 1.807) is 11.9 Å². The van der Waals surface area contributed by atoms with E-state index in [-0.39, 0.29) is 0 Å². The van der Waals surface area contributed by atoms with Gasteiger partial charge in [0.25, 0.3) is 0 Å². The molecule has 5 heteroatoms. The van der Waals surface area contributed by atoms with E-state index in [0.717, 1.165) is 11.3 Å². The van der Waals surface area contributed by atoms with Crippen molar-refractivity contribution in [1.82, 2.24) is 5.32 Å². The number of hydrazine groups is 1. The Morgan fingerprint density at radius 2 is 2.18 bits per heavy atom. The molecule has 3 N–H and O–H groups in total. The van der Waals surface area contributed by atoms with Crippen LogP contribution in [-0.4, -0.2) is 25.8 Å². The van der Waals surface area contributed by atoms with Crippen LogP contribution in [0.1, 0.15) is 12.5 Å². The van der Waals surface area contributed by atoms with Crippen molar-refractivity contribution in [2.45, 2.75) is 13.8 Å². The number of carbonyl (C=O) groups excluding carboxylic acids is 1. The van der Waals surface area contributed by atoms with E-state index in [4.69, 9.17) is 10.6 Å². The number of hydrogen-bond acceptors (Lipinski definition) is 4. The van der Waals surface area contributed by atoms with Crippen molar-refractivity contribution in [3.63, 3.8) is 0 Å². The van der Waals surface area contributed by atoms with Crippen molar-refractivity contribution < 1.29 is 9.53 Å². The van der Waals surface area contributed by atoms with Crippen molar-refractivity contribution in [2.24, 2.45) is 5.84 Å². The normalized spacial score (nSPS) is 9.82. The summed E-state index contributed by atoms with van der Waals surface area (Å²) in [5.74, 6) is 5.90. The van der Waals surface area contributed by atoms with E-state index in [0.29, 0.717) is 19.7 Å². The van der Waals surface area contributed by atoms with Crippen LogP contribution in [0.3, 0.4) is 0 Å². The molecular weight excluding hydrogens is 218 g/mol. The lowest BCUT2D eigenvalue weighted by molar-refractivity contribution is 0.152. The monoisotopic (exact) mass is 237 g/mol. The van der Waals surface area contributed by atoms with Crippen LogP contribution in [0.2, 0.25) is 0 Å². The Hall–Kier alpha value is -1.75. The van der Waals surface area contributed by atoms with E-state index in [2.05, 4.69) is 5.32 Å². The van der Waals surface area contributed by atoms with E-state index in [1.165, 1.54) is 0 Å². The first-order valence-electron chi connectivity index (χ1n) is 5.63. The number of amides is 1. The molecule has 0 aliphatic rings. The molecule has 17 heavy (non-hydrogen) atoms. The van der Waals surface area contributed by atoms with E-state index in [9.17, 15) is 4.79 Å². The lowest BCUT2D eigenvalue weighted by Crippen LogP contribution is -2.39. The highest BCUT2D eigenvalue weighted by Gasteiger charge is 2.05. The number of ether oxygens (including phenoxy) is 1. The van der Waals surface area contributed by atoms with Gasteiger partial charge in [0, 0.05) is 6.54 Å². The summed E-state index contributed by atoms with van der Waals surface area (Å²) < 4.78 is 4.74. The van der Waals surface area contributed by atoms with Crippen molar-refractivity contribution in [2.75, 3.05) is 24.7 Å². The smallest absolute Gasteiger partial charge is 0.407 e. The summed E-state index contributed by atoms with van der Waals surface area (Å²) in [5, 5.41) is 4.23. The van der Waals surface area contributed by atoms with Gasteiger partial charge in [0.15, 0.2) is 0 Å². The molecule has 1 amide bonds. The largest absolute Gasteiger partial charge is 0.450 e. The minimum Gasteiger partial charge on any atom is -0.450 e. The molecular formula is C12H19N3O2. The molecule has 0 bridgehead atoms. The molecule has 94 valence electrons. The van der Waals surface area contributed by atoms with Crippen LogP contribution in [0.5, 0.6) is 0 Å². The Morgan fingerprint density at radius 3 is 2.82 bits per heavy atom. The molecule has 1 aromatic carbocycles. The number of nitrogens with one attached hydrogen (secondary N) is 1. The zero-order valence-electron chi connectivity index (χ0n) is 10.3. The molecule has 5 nitrogen and oxygen atoms in total. The summed E-state index contributed by atoms with van der Waals surface area (Å²) in [6.45, 7) is 5.11. The molecule has 0 saturated carbocycles. The topological polar surface area (TPSA) is 67.6 Å². The van der Waals surface area contributed by atoms with Crippen LogP contribution in [0.25, 0.3) is 0 Å². The first kappa shape index (κ1) is 13.3. The predicted octanol–water partition coefficient (Wildman–Crippen LogP) is 1.42. The summed E-state index contributed by atoms with van der Waals surface area (Å²) in [5.41, 5.74) is 2.06. The lowest BCUT2D eigenvalue weighted by Gasteiger charge is -2.20. The Kier molecular flexibility index (Phi) is 5.29. The molecule has 0 aliphatic carbocycles. The fraction of sp³-hybridized carbons (Fsp3) is 0.417. The van der Waals surface area contributed by atoms with Crippen molar-refractivity contribution in [3.05, 3.63) is 29.8 Å². The second-order valence-electron chi connectivity index (χ2n) is 3.63. The van der Waals surface area contributed by atoms with Crippen LogP contribution in [-0.2, 0) is 4.74 Å². The number of anilines is 1. The average Bonchev–Trinajstić information content (AvgIpc) is 2.29. The van der Waals surface area contributed by atoms with E-state index in [1.807, 2.05) is 31.2 Å². The minimum atomic E-state index is -0.411. The van der Waals surface area contributed by atoms with Gasteiger partial charge in [-0.1, -0.05) is 18.2 Å². The molecule has 0 spiro atoms. The van der Waals surface area contributed by atoms with Crippen LogP contribution < -0.4 is 16.2 Å². The SMILES string of the molecule is CCOC(=O)NCCN(N)c1ccccc1C. The number of benzene rings is 1. The van der Waals surface area contributed by atoms with Crippen molar-refractivity contribution in [1.29, 1.82) is 0 Å². The average molecular weight is 237 g/mol. The highest BCUT2D eigenvalue weighted by Crippen LogP contribution is 2.15. The highest BCUT2D eigenvalue weighted by molar-refractivity contribution is 5.67. The summed E-state index contributed by atoms with van der Waals surface area (Å²) in [4.78, 5) is 11.0. The number of nitrogens with zero attached hydrogens (tertiary/aromatic N) is 1. The first-order chi connectivity index (χ1) is 8.15. The molecule has 0 saturated heterocycles. The van der Waals surface area contributed by atoms with Gasteiger partial charge in [0.05, 0.1) is 18.8 Å². The van der Waals surface area contributed by atoms with Crippen LogP contribution in [0.15, 0.2) is 24.3 Å². The van der Waals surface area contributed by atoms with Gasteiger partial charge < -0.3 is 15.1 Å². The van der Waals surface area contributed by atoms with Gasteiger partial charge in [0.2, 0.25) is 0 Å². The van der Waals surface area contributed by atoms with Crippen molar-refractivity contribution >= 4 is 11.8 Å². The summed E-state index contributed by atoms with van der Waals surface area (Å²) >= 11 is 0. The fourth-order valence-corrected chi connectivity index (χ4v) is 1.47. The molecule has 0 radical (unpaired) electrons. The molecule has 1 rings (SSSR count). The van der Waals surface area contributed by atoms with Gasteiger partial charge in [0.1, 0.15) is 0 Å². The molecule has 0 heterocycles. The Labute approximate surface area is 102 Å². The molecule has 0 aliphatic heterocycles. The maximum atomic E-state index is 11.0. The fourth-order valence-electron chi connectivity index (χ4n) is 1.47. The molecule has 0 fully saturated rings. The third-order valence-electron chi connectivity index (χ3n) is 2.32. The quantitative estimate of drug-likeness (QED) is 0.600. The van der Waals surface area contributed by atoms with Gasteiger partial charge >= 0.3 is 6.09 Å². The third kappa shape index (κ3) is 4.32. The van der Waals surface area contributed by atoms with E-state index >= 15 is 0 Å². The van der Waals surface area contributed by atoms with Gasteiger partial charge in [-0.2, -0.15) is 0 Å². The zero-order chi connectivity index (χ0) is 12.7. The van der Waals surface area contributed by atoms with Gasteiger partial charge in [-0.25, -0.2) is 10.6 Å². The number of carbonyl (C=O) groups is 1. The second-order valence-corrected chi connectivity index (χ2v) is 3.63. The zero-order valence-corrected chi connectivity index (χ0v) is 10.3. The van der Waals surface area contributed by atoms with Gasteiger partial charge in [-0.3, -0.25) is 0 Å². The van der Waals surface area contributed by atoms with Crippen LogP contribution in [0.4, 0.5) is 10.5 Å². The van der Waals surface area contributed by atoms with Crippen molar-refractivity contribution in [3.8, 4) is 0 Å². The number of aryl methyl sites for hydroxylation is 1. The summed E-state index contributed by atoms with van der Waals surface area (Å²) in [6, 6.07) is 7.83. The molecule has 1 aromatic rings. The first-order valence-corrected chi connectivity index (χ1v) is 5.63. The molecule has 0 aromatic heterocycles. The van der Waals surface area contributed by atoms with Crippen LogP contribution >= 0.6 is 0 Å². The van der Waals surface area contributed by atoms with Crippen LogP contribution in [0, 0.1) is 6.92 Å². The maximum Gasteiger partial charge on any atom is 0.407 e. The maximum absolute atomic E-state index is 11.0. The van der Waals surface area contributed by atoms with Gasteiger partial charge in [-0.15, -0.1) is 0 Å². The minimum absolute atomic E-state index is 0.371. The highest BCUT2D eigenvalue weighted by atomic mass is 16.5. The number of hydrogen-bond donors (Lipinski definition) is 2. The molecule has 0 atom stereocenters. The number of rotatable bonds is 5. The number of alkyl carbamates (subject to hydrolysis) is 1. The second kappa shape index (κ2) is 6.75. The van der Waals surface area contributed by atoms with Gasteiger partial charge in [-0.05, 0) is 25.5 Å². The Bertz CT molecular complexity index is 369.